The lowest BCUT2D eigenvalue weighted by Gasteiger charge is -2.34. The van der Waals surface area contributed by atoms with E-state index in [0.717, 1.165) is 16.7 Å². The number of halogens is 1. The second kappa shape index (κ2) is 8.18. The number of fused-ring (bicyclic) bond motifs is 3. The Morgan fingerprint density at radius 3 is 2.56 bits per heavy atom. The molecule has 1 amide bonds. The van der Waals surface area contributed by atoms with E-state index in [1.54, 1.807) is 12.1 Å². The van der Waals surface area contributed by atoms with Crippen molar-refractivity contribution in [3.8, 4) is 0 Å². The number of carbonyl (C=O) groups is 1. The minimum atomic E-state index is -0.714. The van der Waals surface area contributed by atoms with Crippen LogP contribution >= 0.6 is 0 Å². The summed E-state index contributed by atoms with van der Waals surface area (Å²) in [5, 5.41) is 4.51. The molecule has 32 heavy (non-hydrogen) atoms. The van der Waals surface area contributed by atoms with Crippen molar-refractivity contribution in [2.75, 3.05) is 13.1 Å². The Morgan fingerprint density at radius 2 is 1.78 bits per heavy atom. The van der Waals surface area contributed by atoms with Crippen molar-refractivity contribution in [1.82, 2.24) is 19.2 Å². The third-order valence-corrected chi connectivity index (χ3v) is 6.44. The standard InChI is InChI=1S/C24H23FN4O3/c25-19-8-4-7-17(11-19)13-29-24(32)23(31)28-14-18-9-10-27(15-20(18)22(28)26-29)21(30)12-16-5-2-1-3-6-16/h1-8,11,18,20H,9-10,12-15H2/t18-,20-/m0/s1. The molecule has 0 spiro atoms. The molecule has 3 heterocycles. The van der Waals surface area contributed by atoms with E-state index in [2.05, 4.69) is 5.10 Å². The second-order valence-electron chi connectivity index (χ2n) is 8.52. The van der Waals surface area contributed by atoms with Gasteiger partial charge in [0, 0.05) is 25.6 Å². The normalized spacial score (nSPS) is 19.5. The van der Waals surface area contributed by atoms with Crippen LogP contribution in [0, 0.1) is 11.7 Å². The molecule has 0 saturated carbocycles. The van der Waals surface area contributed by atoms with Crippen LogP contribution in [0.3, 0.4) is 0 Å². The molecule has 8 heteroatoms. The molecule has 3 aromatic rings. The van der Waals surface area contributed by atoms with Gasteiger partial charge < -0.3 is 4.90 Å². The fraction of sp³-hybridized carbons (Fsp3) is 0.333. The lowest BCUT2D eigenvalue weighted by atomic mass is 9.87. The Labute approximate surface area is 183 Å². The number of piperidine rings is 1. The first-order chi connectivity index (χ1) is 15.5. The number of rotatable bonds is 4. The summed E-state index contributed by atoms with van der Waals surface area (Å²) in [5.41, 5.74) is 0.197. The van der Waals surface area contributed by atoms with E-state index in [1.165, 1.54) is 16.7 Å². The SMILES string of the molecule is O=C(Cc1ccccc1)N1CC[C@H]2Cn3c(nn(Cc4cccc(F)c4)c(=O)c3=O)[C@H]2C1. The second-order valence-corrected chi connectivity index (χ2v) is 8.52. The maximum atomic E-state index is 13.6. The van der Waals surface area contributed by atoms with Gasteiger partial charge in [-0.15, -0.1) is 0 Å². The number of amides is 1. The van der Waals surface area contributed by atoms with Gasteiger partial charge in [0.25, 0.3) is 0 Å². The molecular formula is C24H23FN4O3. The Hall–Kier alpha value is -3.55. The molecule has 0 N–H and O–H groups in total. The number of hydrogen-bond acceptors (Lipinski definition) is 4. The summed E-state index contributed by atoms with van der Waals surface area (Å²) in [4.78, 5) is 40.1. The van der Waals surface area contributed by atoms with Crippen molar-refractivity contribution in [3.05, 3.63) is 98.1 Å². The van der Waals surface area contributed by atoms with Crippen molar-refractivity contribution < 1.29 is 9.18 Å². The van der Waals surface area contributed by atoms with E-state index in [-0.39, 0.29) is 24.3 Å². The summed E-state index contributed by atoms with van der Waals surface area (Å²) in [6, 6.07) is 15.5. The highest BCUT2D eigenvalue weighted by molar-refractivity contribution is 5.79. The van der Waals surface area contributed by atoms with Crippen LogP contribution in [0.5, 0.6) is 0 Å². The third-order valence-electron chi connectivity index (χ3n) is 6.44. The van der Waals surface area contributed by atoms with Crippen LogP contribution in [0.2, 0.25) is 0 Å². The van der Waals surface area contributed by atoms with E-state index in [9.17, 15) is 18.8 Å². The number of benzene rings is 2. The average molecular weight is 434 g/mol. The van der Waals surface area contributed by atoms with Gasteiger partial charge in [0.1, 0.15) is 11.6 Å². The van der Waals surface area contributed by atoms with Gasteiger partial charge in [-0.2, -0.15) is 5.10 Å². The fourth-order valence-corrected chi connectivity index (χ4v) is 4.77. The lowest BCUT2D eigenvalue weighted by molar-refractivity contribution is -0.132. The van der Waals surface area contributed by atoms with Gasteiger partial charge in [-0.05, 0) is 35.6 Å². The summed E-state index contributed by atoms with van der Waals surface area (Å²) < 4.78 is 16.1. The van der Waals surface area contributed by atoms with Gasteiger partial charge in [0.15, 0.2) is 0 Å². The van der Waals surface area contributed by atoms with E-state index >= 15 is 0 Å². The predicted octanol–water partition coefficient (Wildman–Crippen LogP) is 1.78. The van der Waals surface area contributed by atoms with Crippen molar-refractivity contribution in [2.45, 2.75) is 31.8 Å². The third kappa shape index (κ3) is 3.77. The molecule has 1 fully saturated rings. The highest BCUT2D eigenvalue weighted by Crippen LogP contribution is 2.37. The zero-order valence-electron chi connectivity index (χ0n) is 17.5. The first-order valence-electron chi connectivity index (χ1n) is 10.8. The zero-order chi connectivity index (χ0) is 22.2. The minimum absolute atomic E-state index is 0.0215. The van der Waals surface area contributed by atoms with Gasteiger partial charge in [-0.1, -0.05) is 42.5 Å². The first-order valence-corrected chi connectivity index (χ1v) is 10.8. The van der Waals surface area contributed by atoms with Crippen molar-refractivity contribution >= 4 is 5.91 Å². The molecule has 5 rings (SSSR count). The Morgan fingerprint density at radius 1 is 1.00 bits per heavy atom. The number of nitrogens with zero attached hydrogens (tertiary/aromatic N) is 4. The highest BCUT2D eigenvalue weighted by atomic mass is 19.1. The van der Waals surface area contributed by atoms with Crippen molar-refractivity contribution in [1.29, 1.82) is 0 Å². The largest absolute Gasteiger partial charge is 0.342 e. The van der Waals surface area contributed by atoms with E-state index in [0.29, 0.717) is 37.4 Å². The molecule has 0 bridgehead atoms. The maximum absolute atomic E-state index is 13.6. The predicted molar refractivity (Wildman–Crippen MR) is 116 cm³/mol. The summed E-state index contributed by atoms with van der Waals surface area (Å²) >= 11 is 0. The van der Waals surface area contributed by atoms with Crippen molar-refractivity contribution in [2.24, 2.45) is 5.92 Å². The van der Waals surface area contributed by atoms with Gasteiger partial charge in [-0.25, -0.2) is 9.07 Å². The average Bonchev–Trinajstić information content (AvgIpc) is 3.16. The molecule has 7 nitrogen and oxygen atoms in total. The van der Waals surface area contributed by atoms with Crippen LogP contribution in [0.1, 0.15) is 29.3 Å². The zero-order valence-corrected chi connectivity index (χ0v) is 17.5. The summed E-state index contributed by atoms with van der Waals surface area (Å²) in [7, 11) is 0. The number of hydrogen-bond donors (Lipinski definition) is 0. The quantitative estimate of drug-likeness (QED) is 0.587. The summed E-state index contributed by atoms with van der Waals surface area (Å²) in [6.45, 7) is 1.57. The number of aromatic nitrogens is 3. The molecule has 2 atom stereocenters. The van der Waals surface area contributed by atoms with Crippen LogP contribution in [0.15, 0.2) is 64.2 Å². The van der Waals surface area contributed by atoms with Crippen LogP contribution in [0.4, 0.5) is 4.39 Å². The monoisotopic (exact) mass is 434 g/mol. The Kier molecular flexibility index (Phi) is 5.20. The minimum Gasteiger partial charge on any atom is -0.342 e. The molecule has 1 saturated heterocycles. The lowest BCUT2D eigenvalue weighted by Crippen LogP contribution is -2.44. The molecule has 1 aromatic heterocycles. The number of likely N-dealkylation sites (tertiary alicyclic amines) is 1. The smallest absolute Gasteiger partial charge is 0.332 e. The van der Waals surface area contributed by atoms with Gasteiger partial charge in [-0.3, -0.25) is 19.0 Å². The van der Waals surface area contributed by atoms with Gasteiger partial charge in [0.05, 0.1) is 13.0 Å². The molecule has 0 radical (unpaired) electrons. The molecule has 2 aromatic carbocycles. The van der Waals surface area contributed by atoms with Crippen LogP contribution in [0.25, 0.3) is 0 Å². The van der Waals surface area contributed by atoms with Crippen LogP contribution < -0.4 is 11.1 Å². The fourth-order valence-electron chi connectivity index (χ4n) is 4.77. The van der Waals surface area contributed by atoms with Gasteiger partial charge in [0.2, 0.25) is 5.91 Å². The summed E-state index contributed by atoms with van der Waals surface area (Å²) in [6.07, 6.45) is 1.09. The molecule has 0 unspecified atom stereocenters. The highest BCUT2D eigenvalue weighted by Gasteiger charge is 2.41. The first kappa shape index (κ1) is 20.4. The number of carbonyl (C=O) groups excluding carboxylic acids is 1. The Bertz CT molecular complexity index is 1280. The molecule has 2 aliphatic heterocycles. The van der Waals surface area contributed by atoms with E-state index < -0.39 is 16.9 Å². The van der Waals surface area contributed by atoms with Crippen molar-refractivity contribution in [3.63, 3.8) is 0 Å². The maximum Gasteiger partial charge on any atom is 0.332 e. The summed E-state index contributed by atoms with van der Waals surface area (Å²) in [5.74, 6) is 0.237. The van der Waals surface area contributed by atoms with E-state index in [1.807, 2.05) is 35.2 Å². The van der Waals surface area contributed by atoms with Crippen LogP contribution in [-0.2, 0) is 24.3 Å². The van der Waals surface area contributed by atoms with Gasteiger partial charge >= 0.3 is 11.1 Å². The van der Waals surface area contributed by atoms with Crippen LogP contribution in [-0.4, -0.2) is 38.2 Å². The molecular weight excluding hydrogens is 411 g/mol. The molecule has 0 aliphatic carbocycles. The molecule has 164 valence electrons. The van der Waals surface area contributed by atoms with E-state index in [4.69, 9.17) is 0 Å². The molecule has 2 aliphatic rings. The topological polar surface area (TPSA) is 77.2 Å². The Balaban J connectivity index is 1.41.